The molecule has 0 fully saturated rings. The van der Waals surface area contributed by atoms with Crippen molar-refractivity contribution >= 4 is 23.1 Å². The van der Waals surface area contributed by atoms with E-state index in [1.807, 2.05) is 0 Å². The number of nitrogens with one attached hydrogen (secondary N) is 1. The Morgan fingerprint density at radius 3 is 2.52 bits per heavy atom. The van der Waals surface area contributed by atoms with Gasteiger partial charge in [0.2, 0.25) is 0 Å². The van der Waals surface area contributed by atoms with E-state index in [-0.39, 0.29) is 24.4 Å². The second-order valence-corrected chi connectivity index (χ2v) is 4.96. The number of nitro groups is 1. The fourth-order valence-corrected chi connectivity index (χ4v) is 1.98. The molecule has 0 aromatic heterocycles. The third-order valence-corrected chi connectivity index (χ3v) is 3.22. The van der Waals surface area contributed by atoms with Gasteiger partial charge in [0.1, 0.15) is 11.5 Å². The van der Waals surface area contributed by atoms with Crippen LogP contribution in [0.25, 0.3) is 0 Å². The quantitative estimate of drug-likeness (QED) is 0.360. The van der Waals surface area contributed by atoms with Crippen molar-refractivity contribution in [1.29, 1.82) is 0 Å². The lowest BCUT2D eigenvalue weighted by molar-refractivity contribution is -0.384. The Balaban J connectivity index is 2.19. The molecule has 0 radical (unpaired) electrons. The van der Waals surface area contributed by atoms with Gasteiger partial charge in [-0.2, -0.15) is 5.10 Å². The van der Waals surface area contributed by atoms with Crippen LogP contribution in [0, 0.1) is 15.9 Å². The lowest BCUT2D eigenvalue weighted by atomic mass is 10.1. The molecular formula is C17H16FN3O4. The molecule has 0 aliphatic carbocycles. The van der Waals surface area contributed by atoms with Crippen molar-refractivity contribution in [1.82, 2.24) is 0 Å². The first-order chi connectivity index (χ1) is 12.0. The zero-order chi connectivity index (χ0) is 18.2. The molecule has 0 aliphatic rings. The summed E-state index contributed by atoms with van der Waals surface area (Å²) in [7, 11) is 0. The van der Waals surface area contributed by atoms with Crippen LogP contribution >= 0.6 is 0 Å². The van der Waals surface area contributed by atoms with Crippen molar-refractivity contribution in [3.05, 3.63) is 70.0 Å². The first-order valence-electron chi connectivity index (χ1n) is 7.48. The molecular weight excluding hydrogens is 329 g/mol. The maximum absolute atomic E-state index is 13.8. The number of rotatable bonds is 7. The number of non-ortho nitro benzene ring substituents is 1. The molecule has 25 heavy (non-hydrogen) atoms. The van der Waals surface area contributed by atoms with E-state index in [0.717, 1.165) is 0 Å². The first-order valence-corrected chi connectivity index (χ1v) is 7.48. The van der Waals surface area contributed by atoms with E-state index in [1.165, 1.54) is 30.3 Å². The molecule has 0 unspecified atom stereocenters. The molecule has 0 amide bonds. The highest BCUT2D eigenvalue weighted by Crippen LogP contribution is 2.16. The van der Waals surface area contributed by atoms with Gasteiger partial charge in [0.15, 0.2) is 0 Å². The van der Waals surface area contributed by atoms with Gasteiger partial charge in [0.25, 0.3) is 5.69 Å². The predicted molar refractivity (Wildman–Crippen MR) is 90.9 cm³/mol. The maximum atomic E-state index is 13.8. The van der Waals surface area contributed by atoms with Crippen LogP contribution in [0.2, 0.25) is 0 Å². The lowest BCUT2D eigenvalue weighted by Gasteiger charge is -2.08. The zero-order valence-corrected chi connectivity index (χ0v) is 13.4. The summed E-state index contributed by atoms with van der Waals surface area (Å²) in [6, 6.07) is 11.6. The second kappa shape index (κ2) is 8.53. The van der Waals surface area contributed by atoms with Gasteiger partial charge in [-0.1, -0.05) is 18.2 Å². The Hall–Kier alpha value is -3.29. The Morgan fingerprint density at radius 2 is 1.92 bits per heavy atom. The number of esters is 1. The smallest absolute Gasteiger partial charge is 0.354 e. The number of benzene rings is 2. The number of nitro benzene ring substituents is 1. The Labute approximate surface area is 143 Å². The van der Waals surface area contributed by atoms with Crippen LogP contribution in [-0.4, -0.2) is 23.2 Å². The summed E-state index contributed by atoms with van der Waals surface area (Å²) in [5.74, 6) is -1.12. The van der Waals surface area contributed by atoms with Gasteiger partial charge in [0.05, 0.1) is 17.2 Å². The van der Waals surface area contributed by atoms with E-state index >= 15 is 0 Å². The Bertz CT molecular complexity index is 791. The average Bonchev–Trinajstić information content (AvgIpc) is 2.60. The van der Waals surface area contributed by atoms with E-state index < -0.39 is 16.7 Å². The number of halogens is 1. The number of carbonyl (C=O) groups is 1. The summed E-state index contributed by atoms with van der Waals surface area (Å²) in [6.45, 7) is 1.81. The Morgan fingerprint density at radius 1 is 1.24 bits per heavy atom. The summed E-state index contributed by atoms with van der Waals surface area (Å²) < 4.78 is 18.7. The van der Waals surface area contributed by atoms with Gasteiger partial charge in [0, 0.05) is 18.6 Å². The van der Waals surface area contributed by atoms with Crippen LogP contribution in [0.15, 0.2) is 53.6 Å². The lowest BCUT2D eigenvalue weighted by Crippen LogP contribution is -2.22. The van der Waals surface area contributed by atoms with E-state index in [0.29, 0.717) is 11.3 Å². The molecule has 2 aromatic rings. The number of hydrogen-bond donors (Lipinski definition) is 1. The Kier molecular flexibility index (Phi) is 6.16. The van der Waals surface area contributed by atoms with Crippen LogP contribution in [0.1, 0.15) is 12.5 Å². The van der Waals surface area contributed by atoms with Crippen molar-refractivity contribution in [3.8, 4) is 0 Å². The average molecular weight is 345 g/mol. The predicted octanol–water partition coefficient (Wildman–Crippen LogP) is 3.31. The number of anilines is 1. The molecule has 0 saturated heterocycles. The number of nitrogens with zero attached hydrogens (tertiary/aromatic N) is 2. The number of carbonyl (C=O) groups excluding carboxylic acids is 1. The van der Waals surface area contributed by atoms with Gasteiger partial charge >= 0.3 is 5.97 Å². The number of ether oxygens (including phenoxy) is 1. The second-order valence-electron chi connectivity index (χ2n) is 4.96. The zero-order valence-electron chi connectivity index (χ0n) is 13.4. The summed E-state index contributed by atoms with van der Waals surface area (Å²) >= 11 is 0. The van der Waals surface area contributed by atoms with Crippen molar-refractivity contribution in [3.63, 3.8) is 0 Å². The summed E-state index contributed by atoms with van der Waals surface area (Å²) in [6.07, 6.45) is -0.0501. The van der Waals surface area contributed by atoms with Crippen molar-refractivity contribution in [2.24, 2.45) is 5.10 Å². The van der Waals surface area contributed by atoms with E-state index in [2.05, 4.69) is 10.5 Å². The molecule has 2 rings (SSSR count). The molecule has 1 N–H and O–H groups in total. The maximum Gasteiger partial charge on any atom is 0.354 e. The van der Waals surface area contributed by atoms with Crippen molar-refractivity contribution < 1.29 is 18.8 Å². The molecule has 0 aliphatic heterocycles. The van der Waals surface area contributed by atoms with Gasteiger partial charge in [-0.05, 0) is 30.7 Å². The normalized spacial score (nSPS) is 11.0. The number of hydrogen-bond acceptors (Lipinski definition) is 6. The van der Waals surface area contributed by atoms with Gasteiger partial charge in [-0.3, -0.25) is 15.5 Å². The molecule has 0 spiro atoms. The van der Waals surface area contributed by atoms with Crippen LogP contribution < -0.4 is 5.43 Å². The van der Waals surface area contributed by atoms with Crippen LogP contribution in [0.4, 0.5) is 15.8 Å². The largest absolute Gasteiger partial charge is 0.461 e. The third-order valence-electron chi connectivity index (χ3n) is 3.22. The standard InChI is InChI=1S/C17H16FN3O4/c1-2-25-17(22)16(11-12-5-3-4-6-15(12)18)20-19-13-7-9-14(10-8-13)21(23)24/h3-10,19H,2,11H2,1H3. The fraction of sp³-hybridized carbons (Fsp3) is 0.176. The highest BCUT2D eigenvalue weighted by Gasteiger charge is 2.16. The molecule has 130 valence electrons. The van der Waals surface area contributed by atoms with Crippen molar-refractivity contribution in [2.75, 3.05) is 12.0 Å². The van der Waals surface area contributed by atoms with Crippen molar-refractivity contribution in [2.45, 2.75) is 13.3 Å². The molecule has 7 nitrogen and oxygen atoms in total. The number of hydrazone groups is 1. The molecule has 0 bridgehead atoms. The SMILES string of the molecule is CCOC(=O)C(Cc1ccccc1F)=NNc1ccc([N+](=O)[O-])cc1. The fourth-order valence-electron chi connectivity index (χ4n) is 1.98. The molecule has 0 atom stereocenters. The van der Waals surface area contributed by atoms with E-state index in [9.17, 15) is 19.3 Å². The van der Waals surface area contributed by atoms with E-state index in [1.54, 1.807) is 25.1 Å². The minimum absolute atomic E-state index is 0.00898. The molecule has 8 heteroatoms. The summed E-state index contributed by atoms with van der Waals surface area (Å²) in [5.41, 5.74) is 3.31. The van der Waals surface area contributed by atoms with E-state index in [4.69, 9.17) is 4.74 Å². The third kappa shape index (κ3) is 5.10. The minimum Gasteiger partial charge on any atom is -0.461 e. The van der Waals surface area contributed by atoms with Crippen LogP contribution in [-0.2, 0) is 16.0 Å². The minimum atomic E-state index is -0.667. The summed E-state index contributed by atoms with van der Waals surface area (Å²) in [5, 5.41) is 14.6. The monoisotopic (exact) mass is 345 g/mol. The van der Waals surface area contributed by atoms with Gasteiger partial charge in [-0.15, -0.1) is 0 Å². The molecule has 0 saturated carbocycles. The summed E-state index contributed by atoms with van der Waals surface area (Å²) in [4.78, 5) is 22.1. The highest BCUT2D eigenvalue weighted by molar-refractivity contribution is 6.37. The van der Waals surface area contributed by atoms with Gasteiger partial charge in [-0.25, -0.2) is 9.18 Å². The van der Waals surface area contributed by atoms with Gasteiger partial charge < -0.3 is 4.74 Å². The van der Waals surface area contributed by atoms with Crippen LogP contribution in [0.3, 0.4) is 0 Å². The molecule has 2 aromatic carbocycles. The topological polar surface area (TPSA) is 93.8 Å². The first kappa shape index (κ1) is 18.1. The van der Waals surface area contributed by atoms with Crippen LogP contribution in [0.5, 0.6) is 0 Å². The molecule has 0 heterocycles. The highest BCUT2D eigenvalue weighted by atomic mass is 19.1.